The molecule has 0 radical (unpaired) electrons. The van der Waals surface area contributed by atoms with Gasteiger partial charge in [-0.05, 0) is 36.1 Å². The van der Waals surface area contributed by atoms with Gasteiger partial charge >= 0.3 is 10.2 Å². The molecule has 4 rings (SSSR count). The van der Waals surface area contributed by atoms with Gasteiger partial charge in [0, 0.05) is 25.2 Å². The predicted molar refractivity (Wildman–Crippen MR) is 175 cm³/mol. The number of hydrogen-bond acceptors (Lipinski definition) is 5. The smallest absolute Gasteiger partial charge is 0.306 e. The van der Waals surface area contributed by atoms with Gasteiger partial charge in [-0.2, -0.15) is 12.7 Å². The van der Waals surface area contributed by atoms with E-state index in [9.17, 15) is 20.7 Å². The lowest BCUT2D eigenvalue weighted by atomic mass is 10.2. The third-order valence-electron chi connectivity index (χ3n) is 6.05. The van der Waals surface area contributed by atoms with Crippen molar-refractivity contribution >= 4 is 20.2 Å². The Kier molecular flexibility index (Phi) is 15.3. The Morgan fingerprint density at radius 1 is 0.581 bits per heavy atom. The summed E-state index contributed by atoms with van der Waals surface area (Å²) >= 11 is 0. The van der Waals surface area contributed by atoms with Crippen LogP contribution in [0.1, 0.15) is 49.9 Å². The van der Waals surface area contributed by atoms with Crippen LogP contribution in [0.4, 0.5) is 3.89 Å². The summed E-state index contributed by atoms with van der Waals surface area (Å²) in [6.07, 6.45) is 0. The second kappa shape index (κ2) is 18.3. The molecule has 9 heteroatoms. The minimum Gasteiger partial charge on any atom is -0.310 e. The summed E-state index contributed by atoms with van der Waals surface area (Å²) in [5.74, 6) is -0.493. The largest absolute Gasteiger partial charge is 0.310 e. The molecular formula is C34H43FN2O4S2. The molecule has 4 aromatic rings. The Hall–Kier alpha value is -3.37. The van der Waals surface area contributed by atoms with E-state index in [1.165, 1.54) is 5.56 Å². The molecule has 1 N–H and O–H groups in total. The molecule has 0 spiro atoms. The van der Waals surface area contributed by atoms with Gasteiger partial charge in [-0.25, -0.2) is 8.42 Å². The highest BCUT2D eigenvalue weighted by Crippen LogP contribution is 2.17. The maximum Gasteiger partial charge on any atom is 0.306 e. The summed E-state index contributed by atoms with van der Waals surface area (Å²) in [7, 11) is -7.72. The highest BCUT2D eigenvalue weighted by atomic mass is 32.3. The van der Waals surface area contributed by atoms with Crippen molar-refractivity contribution in [1.82, 2.24) is 9.62 Å². The van der Waals surface area contributed by atoms with E-state index in [2.05, 4.69) is 43.4 Å². The lowest BCUT2D eigenvalue weighted by Gasteiger charge is -2.26. The quantitative estimate of drug-likeness (QED) is 0.180. The zero-order valence-electron chi connectivity index (χ0n) is 25.3. The molecule has 6 nitrogen and oxygen atoms in total. The Balaban J connectivity index is 0.000000247. The van der Waals surface area contributed by atoms with Crippen LogP contribution in [0, 0.1) is 0 Å². The fraction of sp³-hybridized carbons (Fsp3) is 0.294. The van der Waals surface area contributed by atoms with E-state index in [1.54, 1.807) is 34.6 Å². The van der Waals surface area contributed by atoms with E-state index in [0.29, 0.717) is 18.2 Å². The summed E-state index contributed by atoms with van der Waals surface area (Å²) in [5, 5.41) is 3.36. The van der Waals surface area contributed by atoms with Crippen LogP contribution in [0.15, 0.2) is 121 Å². The maximum absolute atomic E-state index is 12.7. The van der Waals surface area contributed by atoms with E-state index in [1.807, 2.05) is 80.6 Å². The van der Waals surface area contributed by atoms with Gasteiger partial charge in [0.25, 0.3) is 0 Å². The fourth-order valence-corrected chi connectivity index (χ4v) is 6.28. The average Bonchev–Trinajstić information content (AvgIpc) is 2.96. The van der Waals surface area contributed by atoms with Gasteiger partial charge in [0.05, 0.1) is 5.75 Å². The van der Waals surface area contributed by atoms with E-state index < -0.39 is 26.0 Å². The molecular weight excluding hydrogens is 584 g/mol. The lowest BCUT2D eigenvalue weighted by molar-refractivity contribution is 0.347. The number of hydrogen-bond donors (Lipinski definition) is 1. The highest BCUT2D eigenvalue weighted by Gasteiger charge is 2.25. The number of nitrogens with one attached hydrogen (secondary N) is 1. The molecule has 4 aromatic carbocycles. The summed E-state index contributed by atoms with van der Waals surface area (Å²) in [6.45, 7) is 9.51. The van der Waals surface area contributed by atoms with Crippen LogP contribution in [0.2, 0.25) is 0 Å². The summed E-state index contributed by atoms with van der Waals surface area (Å²) in [5.41, 5.74) is 3.63. The van der Waals surface area contributed by atoms with Crippen molar-refractivity contribution in [3.63, 3.8) is 0 Å². The first-order chi connectivity index (χ1) is 20.4. The second-order valence-corrected chi connectivity index (χ2v) is 13.8. The van der Waals surface area contributed by atoms with Crippen molar-refractivity contribution in [2.75, 3.05) is 0 Å². The lowest BCUT2D eigenvalue weighted by Crippen LogP contribution is -2.37. The third kappa shape index (κ3) is 15.6. The Labute approximate surface area is 257 Å². The first-order valence-electron chi connectivity index (χ1n) is 14.2. The molecule has 0 aliphatic carbocycles. The molecule has 0 aliphatic heterocycles. The van der Waals surface area contributed by atoms with Gasteiger partial charge in [0.15, 0.2) is 0 Å². The van der Waals surface area contributed by atoms with Gasteiger partial charge < -0.3 is 5.32 Å². The Bertz CT molecular complexity index is 1520. The van der Waals surface area contributed by atoms with E-state index in [4.69, 9.17) is 0 Å². The monoisotopic (exact) mass is 626 g/mol. The Morgan fingerprint density at radius 2 is 0.953 bits per heavy atom. The second-order valence-electron chi connectivity index (χ2n) is 10.6. The number of sulfonamides is 1. The van der Waals surface area contributed by atoms with Crippen molar-refractivity contribution in [1.29, 1.82) is 0 Å². The zero-order valence-corrected chi connectivity index (χ0v) is 26.9. The molecule has 0 amide bonds. The number of benzene rings is 4. The average molecular weight is 627 g/mol. The summed E-state index contributed by atoms with van der Waals surface area (Å²) in [6, 6.07) is 38.1. The van der Waals surface area contributed by atoms with Crippen LogP contribution < -0.4 is 5.32 Å². The zero-order chi connectivity index (χ0) is 31.7. The first kappa shape index (κ1) is 35.8. The number of halogens is 1. The van der Waals surface area contributed by atoms with Crippen LogP contribution in [-0.4, -0.2) is 33.2 Å². The summed E-state index contributed by atoms with van der Waals surface area (Å²) < 4.78 is 59.2. The van der Waals surface area contributed by atoms with Crippen molar-refractivity contribution in [3.05, 3.63) is 144 Å². The topological polar surface area (TPSA) is 83.6 Å². The van der Waals surface area contributed by atoms with Crippen molar-refractivity contribution in [2.24, 2.45) is 0 Å². The molecule has 0 bridgehead atoms. The number of nitrogens with zero attached hydrogens (tertiary/aromatic N) is 1. The summed E-state index contributed by atoms with van der Waals surface area (Å²) in [4.78, 5) is 0. The van der Waals surface area contributed by atoms with E-state index in [-0.39, 0.29) is 11.8 Å². The van der Waals surface area contributed by atoms with Crippen molar-refractivity contribution < 1.29 is 20.7 Å². The van der Waals surface area contributed by atoms with Crippen LogP contribution in [0.3, 0.4) is 0 Å². The molecule has 0 unspecified atom stereocenters. The van der Waals surface area contributed by atoms with Gasteiger partial charge in [0.2, 0.25) is 10.0 Å². The molecule has 0 fully saturated rings. The van der Waals surface area contributed by atoms with Crippen molar-refractivity contribution in [2.45, 2.75) is 64.4 Å². The fourth-order valence-electron chi connectivity index (χ4n) is 3.92. The molecule has 0 aliphatic rings. The number of rotatable bonds is 11. The van der Waals surface area contributed by atoms with Crippen LogP contribution in [-0.2, 0) is 44.8 Å². The molecule has 0 atom stereocenters. The molecule has 0 saturated heterocycles. The molecule has 0 saturated carbocycles. The van der Waals surface area contributed by atoms with E-state index >= 15 is 0 Å². The highest BCUT2D eigenvalue weighted by molar-refractivity contribution is 7.88. The van der Waals surface area contributed by atoms with Crippen LogP contribution >= 0.6 is 0 Å². The third-order valence-corrected chi connectivity index (χ3v) is 8.69. The maximum atomic E-state index is 12.7. The van der Waals surface area contributed by atoms with Gasteiger partial charge in [-0.15, -0.1) is 3.89 Å². The standard InChI is InChI=1S/C17H21NO2S.C10H15N.C7H7FO2S/c1-15(2)18(13-16-9-5-3-6-10-16)21(19,20)14-17-11-7-4-8-12-17;1-9(2)11-8-10-6-4-3-5-7-10;8-11(9,10)6-7-4-2-1-3-5-7/h3-12,15H,13-14H2,1-2H3;3-7,9,11H,8H2,1-2H3;1-5H,6H2. The minimum atomic E-state index is -4.38. The Morgan fingerprint density at radius 3 is 1.33 bits per heavy atom. The first-order valence-corrected chi connectivity index (χ1v) is 17.3. The minimum absolute atomic E-state index is 0.0405. The van der Waals surface area contributed by atoms with Crippen LogP contribution in [0.25, 0.3) is 0 Å². The van der Waals surface area contributed by atoms with Crippen molar-refractivity contribution in [3.8, 4) is 0 Å². The normalized spacial score (nSPS) is 11.4. The predicted octanol–water partition coefficient (Wildman–Crippen LogP) is 7.10. The SMILES string of the molecule is CC(C)N(Cc1ccccc1)S(=O)(=O)Cc1ccccc1.CC(C)NCc1ccccc1.O=S(=O)(F)Cc1ccccc1. The molecule has 232 valence electrons. The van der Waals surface area contributed by atoms with E-state index in [0.717, 1.165) is 17.7 Å². The molecule has 43 heavy (non-hydrogen) atoms. The van der Waals surface area contributed by atoms with Crippen LogP contribution in [0.5, 0.6) is 0 Å². The van der Waals surface area contributed by atoms with Gasteiger partial charge in [0.1, 0.15) is 5.75 Å². The van der Waals surface area contributed by atoms with Gasteiger partial charge in [-0.1, -0.05) is 135 Å². The van der Waals surface area contributed by atoms with Gasteiger partial charge in [-0.3, -0.25) is 0 Å². The molecule has 0 heterocycles. The molecule has 0 aromatic heterocycles.